The maximum atomic E-state index is 13.8. The molecule has 182 valence electrons. The van der Waals surface area contributed by atoms with Gasteiger partial charge in [0.05, 0.1) is 31.2 Å². The van der Waals surface area contributed by atoms with Gasteiger partial charge in [-0.25, -0.2) is 0 Å². The molecule has 8 nitrogen and oxygen atoms in total. The number of methoxy groups -OCH3 is 2. The molecule has 0 saturated heterocycles. The van der Waals surface area contributed by atoms with E-state index >= 15 is 0 Å². The number of rotatable bonds is 5. The van der Waals surface area contributed by atoms with E-state index in [0.29, 0.717) is 45.1 Å². The van der Waals surface area contributed by atoms with Crippen molar-refractivity contribution < 1.29 is 28.2 Å². The Balaban J connectivity index is 1.53. The van der Waals surface area contributed by atoms with Crippen LogP contribution >= 0.6 is 0 Å². The second-order valence-corrected chi connectivity index (χ2v) is 8.81. The summed E-state index contributed by atoms with van der Waals surface area (Å²) in [6.07, 6.45) is 0. The average molecular weight is 485 g/mol. The molecule has 0 N–H and O–H groups in total. The Morgan fingerprint density at radius 2 is 1.72 bits per heavy atom. The maximum absolute atomic E-state index is 13.8. The topological polar surface area (TPSA) is 87.4 Å². The Morgan fingerprint density at radius 3 is 2.53 bits per heavy atom. The van der Waals surface area contributed by atoms with E-state index in [0.717, 1.165) is 11.1 Å². The number of ether oxygens (including phenoxy) is 4. The molecule has 3 heterocycles. The SMILES string of the molecule is COc1ccc([C@H]2c3c(oc4ccc(C)cc4c3=O)C(=O)N2Cc2ccc3c(c2)OCO3)cc1OC. The molecule has 36 heavy (non-hydrogen) atoms. The fraction of sp³-hybridized carbons (Fsp3) is 0.214. The fourth-order valence-corrected chi connectivity index (χ4v) is 4.90. The minimum absolute atomic E-state index is 0.0527. The third-order valence-corrected chi connectivity index (χ3v) is 6.63. The predicted molar refractivity (Wildman–Crippen MR) is 131 cm³/mol. The highest BCUT2D eigenvalue weighted by Gasteiger charge is 2.43. The standard InChI is InChI=1S/C28H23NO7/c1-15-4-7-19-18(10-15)26(30)24-25(17-6-9-20(32-2)22(12-17)33-3)29(28(31)27(24)36-19)13-16-5-8-21-23(11-16)35-14-34-21/h4-12,25H,13-14H2,1-3H3/t25-/m0/s1. The zero-order chi connectivity index (χ0) is 25.0. The van der Waals surface area contributed by atoms with Crippen molar-refractivity contribution in [2.45, 2.75) is 19.5 Å². The highest BCUT2D eigenvalue weighted by Crippen LogP contribution is 2.42. The largest absolute Gasteiger partial charge is 0.493 e. The molecule has 0 bridgehead atoms. The number of nitrogens with zero attached hydrogens (tertiary/aromatic N) is 1. The van der Waals surface area contributed by atoms with E-state index in [2.05, 4.69) is 0 Å². The highest BCUT2D eigenvalue weighted by atomic mass is 16.7. The molecule has 8 heteroatoms. The second-order valence-electron chi connectivity index (χ2n) is 8.81. The van der Waals surface area contributed by atoms with Gasteiger partial charge in [-0.3, -0.25) is 9.59 Å². The first-order valence-corrected chi connectivity index (χ1v) is 11.5. The Hall–Kier alpha value is -4.46. The molecule has 1 aromatic heterocycles. The van der Waals surface area contributed by atoms with Gasteiger partial charge in [0.2, 0.25) is 12.6 Å². The third kappa shape index (κ3) is 3.37. The monoisotopic (exact) mass is 485 g/mol. The zero-order valence-electron chi connectivity index (χ0n) is 20.0. The summed E-state index contributed by atoms with van der Waals surface area (Å²) >= 11 is 0. The van der Waals surface area contributed by atoms with Crippen molar-refractivity contribution in [3.63, 3.8) is 0 Å². The van der Waals surface area contributed by atoms with E-state index in [4.69, 9.17) is 23.4 Å². The predicted octanol–water partition coefficient (Wildman–Crippen LogP) is 4.59. The Morgan fingerprint density at radius 1 is 0.917 bits per heavy atom. The van der Waals surface area contributed by atoms with Gasteiger partial charge in [-0.15, -0.1) is 0 Å². The van der Waals surface area contributed by atoms with Gasteiger partial charge in [0.25, 0.3) is 5.91 Å². The lowest BCUT2D eigenvalue weighted by molar-refractivity contribution is 0.0714. The molecule has 1 atom stereocenters. The summed E-state index contributed by atoms with van der Waals surface area (Å²) in [6.45, 7) is 2.30. The van der Waals surface area contributed by atoms with E-state index in [1.807, 2.05) is 37.3 Å². The molecule has 1 amide bonds. The number of hydrogen-bond donors (Lipinski definition) is 0. The summed E-state index contributed by atoms with van der Waals surface area (Å²) in [6, 6.07) is 15.6. The lowest BCUT2D eigenvalue weighted by atomic mass is 9.97. The molecule has 0 saturated carbocycles. The maximum Gasteiger partial charge on any atom is 0.291 e. The molecule has 0 unspecified atom stereocenters. The summed E-state index contributed by atoms with van der Waals surface area (Å²) in [5.41, 5.74) is 2.94. The van der Waals surface area contributed by atoms with Gasteiger partial charge in [-0.2, -0.15) is 0 Å². The van der Waals surface area contributed by atoms with Crippen LogP contribution in [0.4, 0.5) is 0 Å². The summed E-state index contributed by atoms with van der Waals surface area (Å²) in [5, 5.41) is 0.442. The number of benzene rings is 3. The van der Waals surface area contributed by atoms with Crippen molar-refractivity contribution >= 4 is 16.9 Å². The minimum Gasteiger partial charge on any atom is -0.493 e. The molecule has 0 radical (unpaired) electrons. The molecular weight excluding hydrogens is 462 g/mol. The zero-order valence-corrected chi connectivity index (χ0v) is 20.0. The van der Waals surface area contributed by atoms with Crippen molar-refractivity contribution in [2.24, 2.45) is 0 Å². The van der Waals surface area contributed by atoms with Crippen LogP contribution in [0.3, 0.4) is 0 Å². The van der Waals surface area contributed by atoms with Crippen molar-refractivity contribution in [3.05, 3.63) is 92.8 Å². The number of carbonyl (C=O) groups is 1. The van der Waals surface area contributed by atoms with Crippen molar-refractivity contribution in [3.8, 4) is 23.0 Å². The molecular formula is C28H23NO7. The van der Waals surface area contributed by atoms with Gasteiger partial charge in [0.1, 0.15) is 5.58 Å². The van der Waals surface area contributed by atoms with Crippen LogP contribution in [0.2, 0.25) is 0 Å². The van der Waals surface area contributed by atoms with Crippen molar-refractivity contribution in [1.29, 1.82) is 0 Å². The normalized spacial score (nSPS) is 15.9. The number of hydrogen-bond acceptors (Lipinski definition) is 7. The molecule has 6 rings (SSSR count). The third-order valence-electron chi connectivity index (χ3n) is 6.63. The van der Waals surface area contributed by atoms with Crippen LogP contribution in [0.1, 0.15) is 38.9 Å². The van der Waals surface area contributed by atoms with Crippen LogP contribution in [0.15, 0.2) is 63.8 Å². The summed E-state index contributed by atoms with van der Waals surface area (Å²) < 4.78 is 27.9. The average Bonchev–Trinajstić information content (AvgIpc) is 3.47. The van der Waals surface area contributed by atoms with E-state index in [-0.39, 0.29) is 30.4 Å². The molecule has 0 aliphatic carbocycles. The second kappa shape index (κ2) is 8.34. The van der Waals surface area contributed by atoms with Crippen LogP contribution in [0.5, 0.6) is 23.0 Å². The molecule has 0 spiro atoms. The van der Waals surface area contributed by atoms with Gasteiger partial charge in [-0.05, 0) is 54.4 Å². The van der Waals surface area contributed by atoms with Crippen molar-refractivity contribution in [2.75, 3.05) is 21.0 Å². The Kier molecular flexibility index (Phi) is 5.10. The van der Waals surface area contributed by atoms with Crippen LogP contribution in [-0.4, -0.2) is 31.8 Å². The summed E-state index contributed by atoms with van der Waals surface area (Å²) in [4.78, 5) is 29.2. The minimum atomic E-state index is -0.682. The van der Waals surface area contributed by atoms with Gasteiger partial charge < -0.3 is 28.3 Å². The van der Waals surface area contributed by atoms with Crippen LogP contribution in [0.25, 0.3) is 11.0 Å². The molecule has 0 fully saturated rings. The molecule has 2 aliphatic heterocycles. The highest BCUT2D eigenvalue weighted by molar-refractivity contribution is 5.99. The first kappa shape index (κ1) is 22.0. The lowest BCUT2D eigenvalue weighted by Crippen LogP contribution is -2.29. The number of carbonyl (C=O) groups excluding carboxylic acids is 1. The van der Waals surface area contributed by atoms with Crippen LogP contribution in [-0.2, 0) is 6.54 Å². The first-order chi connectivity index (χ1) is 17.5. The van der Waals surface area contributed by atoms with E-state index < -0.39 is 6.04 Å². The molecule has 2 aliphatic rings. The number of aryl methyl sites for hydroxylation is 1. The Labute approximate surface area is 206 Å². The van der Waals surface area contributed by atoms with Gasteiger partial charge in [0, 0.05) is 6.54 Å². The lowest BCUT2D eigenvalue weighted by Gasteiger charge is -2.26. The van der Waals surface area contributed by atoms with E-state index in [1.165, 1.54) is 0 Å². The number of amides is 1. The number of fused-ring (bicyclic) bond motifs is 3. The van der Waals surface area contributed by atoms with Gasteiger partial charge >= 0.3 is 0 Å². The van der Waals surface area contributed by atoms with Crippen LogP contribution < -0.4 is 24.4 Å². The quantitative estimate of drug-likeness (QED) is 0.409. The fourth-order valence-electron chi connectivity index (χ4n) is 4.90. The summed E-state index contributed by atoms with van der Waals surface area (Å²) in [7, 11) is 3.10. The summed E-state index contributed by atoms with van der Waals surface area (Å²) in [5.74, 6) is 2.02. The van der Waals surface area contributed by atoms with Gasteiger partial charge in [0.15, 0.2) is 28.4 Å². The van der Waals surface area contributed by atoms with Gasteiger partial charge in [-0.1, -0.05) is 23.8 Å². The first-order valence-electron chi connectivity index (χ1n) is 11.5. The van der Waals surface area contributed by atoms with Crippen molar-refractivity contribution in [1.82, 2.24) is 4.90 Å². The Bertz CT molecular complexity index is 1590. The smallest absolute Gasteiger partial charge is 0.291 e. The van der Waals surface area contributed by atoms with E-state index in [9.17, 15) is 9.59 Å². The molecule has 3 aromatic carbocycles. The van der Waals surface area contributed by atoms with Crippen LogP contribution in [0, 0.1) is 6.92 Å². The van der Waals surface area contributed by atoms with E-state index in [1.54, 1.807) is 43.4 Å². The molecule has 4 aromatic rings.